The van der Waals surface area contributed by atoms with Crippen LogP contribution in [0.15, 0.2) is 6.07 Å². The van der Waals surface area contributed by atoms with Crippen molar-refractivity contribution in [3.63, 3.8) is 0 Å². The van der Waals surface area contributed by atoms with Crippen molar-refractivity contribution in [2.45, 2.75) is 32.4 Å². The summed E-state index contributed by atoms with van der Waals surface area (Å²) in [4.78, 5) is 13.0. The molecule has 1 saturated heterocycles. The van der Waals surface area contributed by atoms with Gasteiger partial charge in [-0.2, -0.15) is 0 Å². The molecule has 0 bridgehead atoms. The van der Waals surface area contributed by atoms with Crippen LogP contribution in [0.5, 0.6) is 11.5 Å². The summed E-state index contributed by atoms with van der Waals surface area (Å²) in [6.45, 7) is 2.94. The van der Waals surface area contributed by atoms with Crippen molar-refractivity contribution in [1.82, 2.24) is 4.90 Å². The maximum Gasteiger partial charge on any atom is 0.302 e. The number of likely N-dealkylation sites (tertiary alicyclic amines) is 1. The summed E-state index contributed by atoms with van der Waals surface area (Å²) in [5, 5.41) is 9.25. The summed E-state index contributed by atoms with van der Waals surface area (Å²) in [5.41, 5.74) is 0.286. The molecule has 0 radical (unpaired) electrons. The molecule has 1 aliphatic rings. The van der Waals surface area contributed by atoms with Crippen LogP contribution in [-0.4, -0.2) is 42.3 Å². The molecule has 1 aromatic rings. The van der Waals surface area contributed by atoms with Crippen molar-refractivity contribution in [2.75, 3.05) is 20.2 Å². The second-order valence-corrected chi connectivity index (χ2v) is 5.69. The number of hydrogen-bond donors (Lipinski definition) is 1. The van der Waals surface area contributed by atoms with Crippen LogP contribution >= 0.6 is 11.6 Å². The van der Waals surface area contributed by atoms with Crippen molar-refractivity contribution < 1.29 is 23.8 Å². The smallest absolute Gasteiger partial charge is 0.302 e. The highest BCUT2D eigenvalue weighted by Gasteiger charge is 2.25. The van der Waals surface area contributed by atoms with Crippen LogP contribution in [0.2, 0.25) is 5.02 Å². The monoisotopic (exact) mass is 331 g/mol. The molecule has 1 aromatic carbocycles. The van der Waals surface area contributed by atoms with E-state index in [0.717, 1.165) is 19.4 Å². The van der Waals surface area contributed by atoms with E-state index in [0.29, 0.717) is 6.54 Å². The van der Waals surface area contributed by atoms with Crippen LogP contribution in [0.3, 0.4) is 0 Å². The first-order valence-corrected chi connectivity index (χ1v) is 7.43. The Morgan fingerprint density at radius 3 is 2.95 bits per heavy atom. The van der Waals surface area contributed by atoms with Crippen molar-refractivity contribution in [3.05, 3.63) is 22.5 Å². The lowest BCUT2D eigenvalue weighted by atomic mass is 10.1. The highest BCUT2D eigenvalue weighted by molar-refractivity contribution is 6.32. The number of halogens is 2. The second kappa shape index (κ2) is 7.15. The van der Waals surface area contributed by atoms with Crippen molar-refractivity contribution >= 4 is 17.6 Å². The van der Waals surface area contributed by atoms with E-state index < -0.39 is 5.82 Å². The minimum atomic E-state index is -0.687. The molecule has 1 N–H and O–H groups in total. The van der Waals surface area contributed by atoms with Gasteiger partial charge in [-0.3, -0.25) is 9.69 Å². The van der Waals surface area contributed by atoms with Gasteiger partial charge in [-0.25, -0.2) is 4.39 Å². The number of esters is 1. The maximum atomic E-state index is 14.3. The van der Waals surface area contributed by atoms with E-state index in [1.807, 2.05) is 4.90 Å². The molecule has 0 amide bonds. The predicted molar refractivity (Wildman–Crippen MR) is 79.7 cm³/mol. The Balaban J connectivity index is 2.16. The molecule has 0 saturated carbocycles. The Bertz CT molecular complexity index is 567. The Morgan fingerprint density at radius 1 is 1.59 bits per heavy atom. The zero-order chi connectivity index (χ0) is 16.3. The quantitative estimate of drug-likeness (QED) is 0.860. The number of nitrogens with zero attached hydrogens (tertiary/aromatic N) is 1. The minimum absolute atomic E-state index is 0.187. The molecule has 7 heteroatoms. The molecule has 1 aliphatic heterocycles. The average Bonchev–Trinajstić information content (AvgIpc) is 2.47. The standard InChI is InChI=1S/C15H19ClFNO4/c1-9(19)22-10-4-3-5-18(7-10)8-11-13(21-2)6-12(20)14(16)15(11)17/h6,10,20H,3-5,7-8H2,1-2H3. The number of hydrogen-bond acceptors (Lipinski definition) is 5. The van der Waals surface area contributed by atoms with Gasteiger partial charge < -0.3 is 14.6 Å². The molecule has 1 heterocycles. The van der Waals surface area contributed by atoms with Crippen LogP contribution in [0.1, 0.15) is 25.3 Å². The number of carbonyl (C=O) groups excluding carboxylic acids is 1. The van der Waals surface area contributed by atoms with Gasteiger partial charge in [0, 0.05) is 31.6 Å². The molecule has 5 nitrogen and oxygen atoms in total. The van der Waals surface area contributed by atoms with E-state index in [1.54, 1.807) is 0 Å². The lowest BCUT2D eigenvalue weighted by Gasteiger charge is -2.32. The first kappa shape index (κ1) is 16.8. The van der Waals surface area contributed by atoms with E-state index in [1.165, 1.54) is 20.1 Å². The van der Waals surface area contributed by atoms with Gasteiger partial charge in [0.25, 0.3) is 0 Å². The fraction of sp³-hybridized carbons (Fsp3) is 0.533. The number of benzene rings is 1. The topological polar surface area (TPSA) is 59.0 Å². The fourth-order valence-corrected chi connectivity index (χ4v) is 2.84. The number of piperidine rings is 1. The van der Waals surface area contributed by atoms with Gasteiger partial charge in [0.2, 0.25) is 0 Å². The largest absolute Gasteiger partial charge is 0.506 e. The van der Waals surface area contributed by atoms with Crippen LogP contribution < -0.4 is 4.74 Å². The van der Waals surface area contributed by atoms with Gasteiger partial charge in [0.05, 0.1) is 7.11 Å². The summed E-state index contributed by atoms with van der Waals surface area (Å²) in [6.07, 6.45) is 1.47. The van der Waals surface area contributed by atoms with Crippen LogP contribution in [0.25, 0.3) is 0 Å². The number of phenols is 1. The summed E-state index contributed by atoms with van der Waals surface area (Å²) in [7, 11) is 1.41. The number of rotatable bonds is 4. The average molecular weight is 332 g/mol. The molecule has 122 valence electrons. The second-order valence-electron chi connectivity index (χ2n) is 5.31. The van der Waals surface area contributed by atoms with Crippen LogP contribution in [-0.2, 0) is 16.1 Å². The highest BCUT2D eigenvalue weighted by atomic mass is 35.5. The van der Waals surface area contributed by atoms with Crippen molar-refractivity contribution in [2.24, 2.45) is 0 Å². The molecule has 1 unspecified atom stereocenters. The molecular weight excluding hydrogens is 313 g/mol. The molecule has 22 heavy (non-hydrogen) atoms. The molecular formula is C15H19ClFNO4. The molecule has 0 aromatic heterocycles. The first-order valence-electron chi connectivity index (χ1n) is 7.05. The molecule has 1 fully saturated rings. The number of ether oxygens (including phenoxy) is 2. The Morgan fingerprint density at radius 2 is 2.32 bits per heavy atom. The molecule has 0 aliphatic carbocycles. The minimum Gasteiger partial charge on any atom is -0.506 e. The third-order valence-corrected chi connectivity index (χ3v) is 4.00. The molecule has 2 rings (SSSR count). The number of carbonyl (C=O) groups is 1. The Labute approximate surface area is 133 Å². The summed E-state index contributed by atoms with van der Waals surface area (Å²) in [6, 6.07) is 1.30. The van der Waals surface area contributed by atoms with Crippen molar-refractivity contribution in [3.8, 4) is 11.5 Å². The van der Waals surface area contributed by atoms with Gasteiger partial charge >= 0.3 is 5.97 Å². The zero-order valence-electron chi connectivity index (χ0n) is 12.6. The Hall–Kier alpha value is -1.53. The maximum absolute atomic E-state index is 14.3. The number of methoxy groups -OCH3 is 1. The van der Waals surface area contributed by atoms with E-state index >= 15 is 0 Å². The van der Waals surface area contributed by atoms with Gasteiger partial charge in [-0.1, -0.05) is 11.6 Å². The fourth-order valence-electron chi connectivity index (χ4n) is 2.67. The third kappa shape index (κ3) is 3.81. The summed E-state index contributed by atoms with van der Waals surface area (Å²) < 4.78 is 24.6. The lowest BCUT2D eigenvalue weighted by molar-refractivity contribution is -0.148. The summed E-state index contributed by atoms with van der Waals surface area (Å²) >= 11 is 5.76. The Kier molecular flexibility index (Phi) is 5.47. The normalized spacial score (nSPS) is 19.0. The van der Waals surface area contributed by atoms with Gasteiger partial charge in [0.15, 0.2) is 5.82 Å². The predicted octanol–water partition coefficient (Wildman–Crippen LogP) is 2.72. The van der Waals surface area contributed by atoms with E-state index in [4.69, 9.17) is 21.1 Å². The van der Waals surface area contributed by atoms with E-state index in [2.05, 4.69) is 0 Å². The van der Waals surface area contributed by atoms with Crippen LogP contribution in [0.4, 0.5) is 4.39 Å². The zero-order valence-corrected chi connectivity index (χ0v) is 13.3. The first-order chi connectivity index (χ1) is 10.4. The molecule has 0 spiro atoms. The van der Waals surface area contributed by atoms with Gasteiger partial charge in [-0.05, 0) is 19.4 Å². The van der Waals surface area contributed by atoms with Crippen molar-refractivity contribution in [1.29, 1.82) is 0 Å². The third-order valence-electron chi connectivity index (χ3n) is 3.64. The van der Waals surface area contributed by atoms with E-state index in [-0.39, 0.29) is 40.7 Å². The SMILES string of the molecule is COc1cc(O)c(Cl)c(F)c1CN1CCCC(OC(C)=O)C1. The lowest BCUT2D eigenvalue weighted by Crippen LogP contribution is -2.40. The number of phenolic OH excluding ortho intramolecular Hbond substituents is 1. The summed E-state index contributed by atoms with van der Waals surface area (Å²) in [5.74, 6) is -1.11. The van der Waals surface area contributed by atoms with Crippen LogP contribution in [0, 0.1) is 5.82 Å². The number of aromatic hydroxyl groups is 1. The van der Waals surface area contributed by atoms with E-state index in [9.17, 15) is 14.3 Å². The van der Waals surface area contributed by atoms with Gasteiger partial charge in [-0.15, -0.1) is 0 Å². The molecule has 1 atom stereocenters. The highest BCUT2D eigenvalue weighted by Crippen LogP contribution is 2.36. The van der Waals surface area contributed by atoms with Gasteiger partial charge in [0.1, 0.15) is 22.6 Å².